The molecule has 25 heavy (non-hydrogen) atoms. The standard InChI is InChI=1S/C18H17F3O4/c19-18(20,21)13-4-2-1-3-12(13)15(23)7-6-14(22)11-5-8-16-17(9-11)25-10-24-16/h1-5,8-9,14-15,22-23H,6-7,10H2. The van der Waals surface area contributed by atoms with Crippen LogP contribution in [0.2, 0.25) is 0 Å². The van der Waals surface area contributed by atoms with E-state index in [0.717, 1.165) is 6.07 Å². The van der Waals surface area contributed by atoms with Gasteiger partial charge in [-0.3, -0.25) is 0 Å². The highest BCUT2D eigenvalue weighted by Gasteiger charge is 2.34. The number of rotatable bonds is 5. The van der Waals surface area contributed by atoms with Crippen molar-refractivity contribution in [3.8, 4) is 11.5 Å². The third kappa shape index (κ3) is 3.88. The molecule has 2 atom stereocenters. The van der Waals surface area contributed by atoms with Crippen LogP contribution in [0, 0.1) is 0 Å². The second kappa shape index (κ2) is 6.93. The van der Waals surface area contributed by atoms with E-state index in [4.69, 9.17) is 9.47 Å². The average molecular weight is 354 g/mol. The number of ether oxygens (including phenoxy) is 2. The summed E-state index contributed by atoms with van der Waals surface area (Å²) in [7, 11) is 0. The van der Waals surface area contributed by atoms with Gasteiger partial charge >= 0.3 is 6.18 Å². The Morgan fingerprint density at radius 1 is 0.920 bits per heavy atom. The van der Waals surface area contributed by atoms with Gasteiger partial charge in [0.05, 0.1) is 17.8 Å². The molecular formula is C18H17F3O4. The van der Waals surface area contributed by atoms with Crippen LogP contribution in [0.15, 0.2) is 42.5 Å². The molecule has 1 heterocycles. The zero-order valence-corrected chi connectivity index (χ0v) is 13.2. The summed E-state index contributed by atoms with van der Waals surface area (Å²) in [5.74, 6) is 1.09. The van der Waals surface area contributed by atoms with Crippen LogP contribution in [0.4, 0.5) is 13.2 Å². The number of benzene rings is 2. The fraction of sp³-hybridized carbons (Fsp3) is 0.333. The lowest BCUT2D eigenvalue weighted by molar-refractivity contribution is -0.139. The van der Waals surface area contributed by atoms with Crippen molar-refractivity contribution in [2.45, 2.75) is 31.2 Å². The van der Waals surface area contributed by atoms with E-state index in [2.05, 4.69) is 0 Å². The molecule has 0 bridgehead atoms. The summed E-state index contributed by atoms with van der Waals surface area (Å²) < 4.78 is 49.5. The average Bonchev–Trinajstić information content (AvgIpc) is 3.06. The summed E-state index contributed by atoms with van der Waals surface area (Å²) in [6.45, 7) is 0.113. The van der Waals surface area contributed by atoms with E-state index in [0.29, 0.717) is 17.1 Å². The van der Waals surface area contributed by atoms with Gasteiger partial charge in [-0.1, -0.05) is 24.3 Å². The fourth-order valence-corrected chi connectivity index (χ4v) is 2.80. The highest BCUT2D eigenvalue weighted by Crippen LogP contribution is 2.38. The smallest absolute Gasteiger partial charge is 0.416 e. The van der Waals surface area contributed by atoms with Gasteiger partial charge in [0.15, 0.2) is 11.5 Å². The summed E-state index contributed by atoms with van der Waals surface area (Å²) in [4.78, 5) is 0. The zero-order valence-electron chi connectivity index (χ0n) is 13.2. The molecule has 2 aromatic carbocycles. The maximum Gasteiger partial charge on any atom is 0.416 e. The van der Waals surface area contributed by atoms with Crippen LogP contribution in [0.3, 0.4) is 0 Å². The minimum absolute atomic E-state index is 0.0112. The van der Waals surface area contributed by atoms with Gasteiger partial charge < -0.3 is 19.7 Å². The van der Waals surface area contributed by atoms with Crippen LogP contribution in [-0.2, 0) is 6.18 Å². The third-order valence-corrected chi connectivity index (χ3v) is 4.12. The Morgan fingerprint density at radius 2 is 1.60 bits per heavy atom. The molecule has 4 nitrogen and oxygen atoms in total. The predicted octanol–water partition coefficient (Wildman–Crippen LogP) is 3.98. The van der Waals surface area contributed by atoms with Gasteiger partial charge in [-0.05, 0) is 42.2 Å². The van der Waals surface area contributed by atoms with Crippen molar-refractivity contribution in [1.29, 1.82) is 0 Å². The second-order valence-electron chi connectivity index (χ2n) is 5.81. The first-order valence-electron chi connectivity index (χ1n) is 7.78. The Balaban J connectivity index is 1.67. The van der Waals surface area contributed by atoms with Crippen LogP contribution in [0.5, 0.6) is 11.5 Å². The topological polar surface area (TPSA) is 58.9 Å². The van der Waals surface area contributed by atoms with Gasteiger partial charge in [0, 0.05) is 0 Å². The van der Waals surface area contributed by atoms with E-state index in [1.54, 1.807) is 18.2 Å². The summed E-state index contributed by atoms with van der Waals surface area (Å²) in [5.41, 5.74) is -0.492. The molecular weight excluding hydrogens is 337 g/mol. The van der Waals surface area contributed by atoms with Gasteiger partial charge in [0.2, 0.25) is 6.79 Å². The quantitative estimate of drug-likeness (QED) is 0.853. The molecule has 0 saturated heterocycles. The first kappa shape index (κ1) is 17.6. The van der Waals surface area contributed by atoms with Crippen molar-refractivity contribution in [3.05, 3.63) is 59.2 Å². The summed E-state index contributed by atoms with van der Waals surface area (Å²) in [5, 5.41) is 20.4. The minimum atomic E-state index is -4.53. The van der Waals surface area contributed by atoms with E-state index in [-0.39, 0.29) is 25.2 Å². The lowest BCUT2D eigenvalue weighted by Crippen LogP contribution is -2.12. The predicted molar refractivity (Wildman–Crippen MR) is 83.2 cm³/mol. The Bertz CT molecular complexity index is 745. The molecule has 7 heteroatoms. The van der Waals surface area contributed by atoms with Crippen molar-refractivity contribution in [2.75, 3.05) is 6.79 Å². The lowest BCUT2D eigenvalue weighted by atomic mass is 9.96. The number of hydrogen-bond acceptors (Lipinski definition) is 4. The van der Waals surface area contributed by atoms with Crippen LogP contribution in [0.25, 0.3) is 0 Å². The maximum atomic E-state index is 13.0. The molecule has 2 aromatic rings. The van der Waals surface area contributed by atoms with E-state index in [1.165, 1.54) is 18.2 Å². The Labute approximate surface area is 142 Å². The Kier molecular flexibility index (Phi) is 4.87. The SMILES string of the molecule is OC(CCC(O)c1ccccc1C(F)(F)F)c1ccc2c(c1)OCO2. The number of fused-ring (bicyclic) bond motifs is 1. The Morgan fingerprint density at radius 3 is 2.36 bits per heavy atom. The normalized spacial score (nSPS) is 15.9. The minimum Gasteiger partial charge on any atom is -0.454 e. The molecule has 0 saturated carbocycles. The molecule has 1 aliphatic rings. The molecule has 0 aromatic heterocycles. The first-order chi connectivity index (χ1) is 11.9. The molecule has 0 fully saturated rings. The molecule has 1 aliphatic heterocycles. The van der Waals surface area contributed by atoms with Gasteiger partial charge in [-0.15, -0.1) is 0 Å². The zero-order chi connectivity index (χ0) is 18.0. The number of hydrogen-bond donors (Lipinski definition) is 2. The number of alkyl halides is 3. The van der Waals surface area contributed by atoms with Gasteiger partial charge in [0.1, 0.15) is 0 Å². The number of aliphatic hydroxyl groups is 2. The van der Waals surface area contributed by atoms with Gasteiger partial charge in [-0.25, -0.2) is 0 Å². The third-order valence-electron chi connectivity index (χ3n) is 4.12. The van der Waals surface area contributed by atoms with Gasteiger partial charge in [-0.2, -0.15) is 13.2 Å². The molecule has 2 unspecified atom stereocenters. The lowest BCUT2D eigenvalue weighted by Gasteiger charge is -2.19. The van der Waals surface area contributed by atoms with Crippen LogP contribution in [-0.4, -0.2) is 17.0 Å². The monoisotopic (exact) mass is 354 g/mol. The van der Waals surface area contributed by atoms with Crippen molar-refractivity contribution in [2.24, 2.45) is 0 Å². The van der Waals surface area contributed by atoms with Crippen LogP contribution >= 0.6 is 0 Å². The van der Waals surface area contributed by atoms with Crippen LogP contribution in [0.1, 0.15) is 41.7 Å². The van der Waals surface area contributed by atoms with Crippen molar-refractivity contribution in [3.63, 3.8) is 0 Å². The number of halogens is 3. The summed E-state index contributed by atoms with van der Waals surface area (Å²) in [6.07, 6.45) is -6.69. The first-order valence-corrected chi connectivity index (χ1v) is 7.78. The molecule has 2 N–H and O–H groups in total. The molecule has 0 aliphatic carbocycles. The van der Waals surface area contributed by atoms with E-state index in [1.807, 2.05) is 0 Å². The largest absolute Gasteiger partial charge is 0.454 e. The van der Waals surface area contributed by atoms with Crippen molar-refractivity contribution in [1.82, 2.24) is 0 Å². The van der Waals surface area contributed by atoms with Gasteiger partial charge in [0.25, 0.3) is 0 Å². The maximum absolute atomic E-state index is 13.0. The molecule has 0 radical (unpaired) electrons. The summed E-state index contributed by atoms with van der Waals surface area (Å²) >= 11 is 0. The van der Waals surface area contributed by atoms with E-state index in [9.17, 15) is 23.4 Å². The highest BCUT2D eigenvalue weighted by atomic mass is 19.4. The van der Waals surface area contributed by atoms with Crippen molar-refractivity contribution < 1.29 is 32.9 Å². The highest BCUT2D eigenvalue weighted by molar-refractivity contribution is 5.45. The molecule has 0 spiro atoms. The Hall–Kier alpha value is -2.25. The fourth-order valence-electron chi connectivity index (χ4n) is 2.80. The van der Waals surface area contributed by atoms with Crippen LogP contribution < -0.4 is 9.47 Å². The van der Waals surface area contributed by atoms with E-state index < -0.39 is 23.9 Å². The number of aliphatic hydroxyl groups excluding tert-OH is 2. The second-order valence-corrected chi connectivity index (χ2v) is 5.81. The molecule has 134 valence electrons. The summed E-state index contributed by atoms with van der Waals surface area (Å²) in [6, 6.07) is 9.86. The molecule has 0 amide bonds. The van der Waals surface area contributed by atoms with Crippen molar-refractivity contribution >= 4 is 0 Å². The molecule has 3 rings (SSSR count). The van der Waals surface area contributed by atoms with E-state index >= 15 is 0 Å².